The second-order valence-electron chi connectivity index (χ2n) is 3.72. The Morgan fingerprint density at radius 2 is 1.85 bits per heavy atom. The summed E-state index contributed by atoms with van der Waals surface area (Å²) in [5.74, 6) is 0.631. The van der Waals surface area contributed by atoms with Crippen molar-refractivity contribution in [1.29, 1.82) is 5.26 Å². The van der Waals surface area contributed by atoms with Gasteiger partial charge in [-0.25, -0.2) is 0 Å². The van der Waals surface area contributed by atoms with E-state index in [4.69, 9.17) is 5.26 Å². The van der Waals surface area contributed by atoms with E-state index >= 15 is 0 Å². The lowest BCUT2D eigenvalue weighted by atomic mass is 9.92. The van der Waals surface area contributed by atoms with Crippen molar-refractivity contribution in [2.75, 3.05) is 0 Å². The highest BCUT2D eigenvalue weighted by Crippen LogP contribution is 2.22. The lowest BCUT2D eigenvalue weighted by molar-refractivity contribution is 0.555. The first kappa shape index (κ1) is 9.80. The molecule has 68 valence electrons. The van der Waals surface area contributed by atoms with Crippen LogP contribution in [0.2, 0.25) is 0 Å². The zero-order valence-electron chi connectivity index (χ0n) is 8.20. The summed E-state index contributed by atoms with van der Waals surface area (Å²) >= 11 is 0. The van der Waals surface area contributed by atoms with Crippen LogP contribution >= 0.6 is 0 Å². The molecule has 0 aromatic heterocycles. The molecule has 1 rings (SSSR count). The van der Waals surface area contributed by atoms with Crippen molar-refractivity contribution < 1.29 is 0 Å². The number of rotatable bonds is 3. The van der Waals surface area contributed by atoms with Crippen LogP contribution in [0, 0.1) is 17.2 Å². The van der Waals surface area contributed by atoms with Crippen molar-refractivity contribution in [1.82, 2.24) is 0 Å². The van der Waals surface area contributed by atoms with E-state index in [2.05, 4.69) is 19.9 Å². The lowest BCUT2D eigenvalue weighted by Gasteiger charge is -2.11. The van der Waals surface area contributed by atoms with Crippen LogP contribution in [0.3, 0.4) is 0 Å². The first-order chi connectivity index (χ1) is 6.24. The van der Waals surface area contributed by atoms with E-state index in [-0.39, 0.29) is 5.92 Å². The van der Waals surface area contributed by atoms with E-state index < -0.39 is 0 Å². The van der Waals surface area contributed by atoms with Gasteiger partial charge >= 0.3 is 0 Å². The normalized spacial score (nSPS) is 12.5. The van der Waals surface area contributed by atoms with Gasteiger partial charge in [0.05, 0.1) is 12.0 Å². The van der Waals surface area contributed by atoms with Gasteiger partial charge in [-0.05, 0) is 17.9 Å². The molecule has 0 aliphatic heterocycles. The summed E-state index contributed by atoms with van der Waals surface area (Å²) in [6.07, 6.45) is 0.945. The Balaban J connectivity index is 2.75. The summed E-state index contributed by atoms with van der Waals surface area (Å²) in [4.78, 5) is 0. The van der Waals surface area contributed by atoms with Gasteiger partial charge in [-0.3, -0.25) is 0 Å². The van der Waals surface area contributed by atoms with E-state index in [1.165, 1.54) is 0 Å². The van der Waals surface area contributed by atoms with Gasteiger partial charge in [0.25, 0.3) is 0 Å². The Bertz CT molecular complexity index is 282. The first-order valence-electron chi connectivity index (χ1n) is 4.68. The van der Waals surface area contributed by atoms with Gasteiger partial charge in [-0.2, -0.15) is 5.26 Å². The standard InChI is InChI=1S/C12H15N/c1-10(2)8-12(9-13)11-6-4-3-5-7-11/h3-7,10,12H,8H2,1-2H3/t12-/m1/s1. The molecule has 0 bridgehead atoms. The fourth-order valence-electron chi connectivity index (χ4n) is 1.42. The molecule has 0 unspecified atom stereocenters. The van der Waals surface area contributed by atoms with Crippen molar-refractivity contribution in [3.8, 4) is 6.07 Å². The van der Waals surface area contributed by atoms with Crippen molar-refractivity contribution in [3.05, 3.63) is 35.9 Å². The predicted molar refractivity (Wildman–Crippen MR) is 54.3 cm³/mol. The molecule has 1 heteroatoms. The molecule has 1 nitrogen and oxygen atoms in total. The van der Waals surface area contributed by atoms with Crippen LogP contribution in [0.5, 0.6) is 0 Å². The van der Waals surface area contributed by atoms with Gasteiger partial charge in [0.1, 0.15) is 0 Å². The first-order valence-corrected chi connectivity index (χ1v) is 4.68. The van der Waals surface area contributed by atoms with Gasteiger partial charge in [0.2, 0.25) is 0 Å². The monoisotopic (exact) mass is 173 g/mol. The molecule has 0 saturated carbocycles. The topological polar surface area (TPSA) is 23.8 Å². The molecule has 1 aromatic rings. The molecule has 0 N–H and O–H groups in total. The summed E-state index contributed by atoms with van der Waals surface area (Å²) in [7, 11) is 0. The number of hydrogen-bond donors (Lipinski definition) is 0. The largest absolute Gasteiger partial charge is 0.198 e. The van der Waals surface area contributed by atoms with Crippen molar-refractivity contribution >= 4 is 0 Å². The summed E-state index contributed by atoms with van der Waals surface area (Å²) in [6, 6.07) is 12.3. The minimum absolute atomic E-state index is 0.0567. The average molecular weight is 173 g/mol. The predicted octanol–water partition coefficient (Wildman–Crippen LogP) is 3.34. The third-order valence-electron chi connectivity index (χ3n) is 2.06. The van der Waals surface area contributed by atoms with E-state index in [1.54, 1.807) is 0 Å². The van der Waals surface area contributed by atoms with Gasteiger partial charge in [0, 0.05) is 0 Å². The highest BCUT2D eigenvalue weighted by molar-refractivity contribution is 5.24. The lowest BCUT2D eigenvalue weighted by Crippen LogP contribution is -2.00. The Hall–Kier alpha value is -1.29. The Morgan fingerprint density at radius 1 is 1.23 bits per heavy atom. The maximum Gasteiger partial charge on any atom is 0.0715 e. The zero-order chi connectivity index (χ0) is 9.68. The zero-order valence-corrected chi connectivity index (χ0v) is 8.20. The van der Waals surface area contributed by atoms with Crippen LogP contribution in [0.4, 0.5) is 0 Å². The minimum Gasteiger partial charge on any atom is -0.198 e. The summed E-state index contributed by atoms with van der Waals surface area (Å²) in [5.41, 5.74) is 1.14. The highest BCUT2D eigenvalue weighted by atomic mass is 14.3. The molecular weight excluding hydrogens is 158 g/mol. The van der Waals surface area contributed by atoms with Crippen LogP contribution in [-0.4, -0.2) is 0 Å². The summed E-state index contributed by atoms with van der Waals surface area (Å²) in [6.45, 7) is 4.29. The SMILES string of the molecule is CC(C)C[C@H](C#N)c1ccccc1. The summed E-state index contributed by atoms with van der Waals surface area (Å²) in [5, 5.41) is 8.98. The van der Waals surface area contributed by atoms with E-state index in [1.807, 2.05) is 30.3 Å². The van der Waals surface area contributed by atoms with Crippen LogP contribution in [0.15, 0.2) is 30.3 Å². The third-order valence-corrected chi connectivity index (χ3v) is 2.06. The van der Waals surface area contributed by atoms with Crippen LogP contribution in [0.25, 0.3) is 0 Å². The molecule has 1 atom stereocenters. The molecular formula is C12H15N. The Morgan fingerprint density at radius 3 is 2.31 bits per heavy atom. The van der Waals surface area contributed by atoms with E-state index in [9.17, 15) is 0 Å². The van der Waals surface area contributed by atoms with Crippen molar-refractivity contribution in [2.24, 2.45) is 5.92 Å². The number of nitriles is 1. The Labute approximate surface area is 80.0 Å². The molecule has 0 aliphatic rings. The Kier molecular flexibility index (Phi) is 3.52. The fourth-order valence-corrected chi connectivity index (χ4v) is 1.42. The van der Waals surface area contributed by atoms with Crippen molar-refractivity contribution in [3.63, 3.8) is 0 Å². The maximum atomic E-state index is 8.98. The molecule has 0 radical (unpaired) electrons. The van der Waals surface area contributed by atoms with Crippen LogP contribution in [0.1, 0.15) is 31.7 Å². The number of hydrogen-bond acceptors (Lipinski definition) is 1. The fraction of sp³-hybridized carbons (Fsp3) is 0.417. The molecule has 0 aliphatic carbocycles. The number of nitrogens with zero attached hydrogens (tertiary/aromatic N) is 1. The number of benzene rings is 1. The smallest absolute Gasteiger partial charge is 0.0715 e. The molecule has 0 spiro atoms. The second-order valence-corrected chi connectivity index (χ2v) is 3.72. The summed E-state index contributed by atoms with van der Waals surface area (Å²) < 4.78 is 0. The third kappa shape index (κ3) is 2.91. The molecule has 0 fully saturated rings. The van der Waals surface area contributed by atoms with Crippen molar-refractivity contribution in [2.45, 2.75) is 26.2 Å². The molecule has 1 aromatic carbocycles. The maximum absolute atomic E-state index is 8.98. The van der Waals surface area contributed by atoms with Gasteiger partial charge < -0.3 is 0 Å². The van der Waals surface area contributed by atoms with E-state index in [0.717, 1.165) is 12.0 Å². The molecule has 13 heavy (non-hydrogen) atoms. The molecule has 0 heterocycles. The van der Waals surface area contributed by atoms with Gasteiger partial charge in [-0.15, -0.1) is 0 Å². The van der Waals surface area contributed by atoms with E-state index in [0.29, 0.717) is 5.92 Å². The average Bonchev–Trinajstić information content (AvgIpc) is 2.15. The minimum atomic E-state index is 0.0567. The highest BCUT2D eigenvalue weighted by Gasteiger charge is 2.11. The van der Waals surface area contributed by atoms with Gasteiger partial charge in [-0.1, -0.05) is 44.2 Å². The second kappa shape index (κ2) is 4.67. The van der Waals surface area contributed by atoms with Crippen LogP contribution < -0.4 is 0 Å². The molecule has 0 amide bonds. The van der Waals surface area contributed by atoms with Gasteiger partial charge in [0.15, 0.2) is 0 Å². The molecule has 0 saturated heterocycles. The van der Waals surface area contributed by atoms with Crippen LogP contribution in [-0.2, 0) is 0 Å². The quantitative estimate of drug-likeness (QED) is 0.687.